The topological polar surface area (TPSA) is 12.4 Å². The van der Waals surface area contributed by atoms with Gasteiger partial charge >= 0.3 is 0 Å². The van der Waals surface area contributed by atoms with Gasteiger partial charge in [0.25, 0.3) is 0 Å². The molecule has 0 aliphatic carbocycles. The van der Waals surface area contributed by atoms with E-state index < -0.39 is 0 Å². The Balaban J connectivity index is 2.72. The molecule has 0 spiro atoms. The molecule has 0 bridgehead atoms. The van der Waals surface area contributed by atoms with Gasteiger partial charge in [-0.15, -0.1) is 0 Å². The van der Waals surface area contributed by atoms with E-state index in [-0.39, 0.29) is 0 Å². The van der Waals surface area contributed by atoms with Crippen molar-refractivity contribution in [1.82, 2.24) is 0 Å². The van der Waals surface area contributed by atoms with Crippen molar-refractivity contribution in [1.29, 1.82) is 0 Å². The zero-order valence-corrected chi connectivity index (χ0v) is 10.9. The molecule has 0 amide bonds. The summed E-state index contributed by atoms with van der Waals surface area (Å²) < 4.78 is 0. The van der Waals surface area contributed by atoms with Gasteiger partial charge in [0.1, 0.15) is 0 Å². The largest absolute Gasteiger partial charge is 0.261 e. The Hall–Kier alpha value is -1.11. The maximum Gasteiger partial charge on any atom is 0.0625 e. The molecule has 16 heavy (non-hydrogen) atoms. The van der Waals surface area contributed by atoms with Crippen LogP contribution in [0.25, 0.3) is 0 Å². The van der Waals surface area contributed by atoms with Crippen LogP contribution < -0.4 is 0 Å². The first-order valence-electron chi connectivity index (χ1n) is 6.13. The number of aliphatic imine (C=N–C) groups is 1. The Morgan fingerprint density at radius 3 is 2.31 bits per heavy atom. The highest BCUT2D eigenvalue weighted by Crippen LogP contribution is 2.28. The zero-order chi connectivity index (χ0) is 12.0. The second-order valence-corrected chi connectivity index (χ2v) is 5.37. The number of rotatable bonds is 4. The number of hydrogen-bond donors (Lipinski definition) is 0. The van der Waals surface area contributed by atoms with Gasteiger partial charge in [0.2, 0.25) is 0 Å². The maximum absolute atomic E-state index is 4.57. The van der Waals surface area contributed by atoms with Gasteiger partial charge < -0.3 is 0 Å². The molecule has 1 aromatic rings. The van der Waals surface area contributed by atoms with Crippen LogP contribution in [0.15, 0.2) is 35.3 Å². The van der Waals surface area contributed by atoms with Gasteiger partial charge in [0, 0.05) is 6.21 Å². The lowest BCUT2D eigenvalue weighted by Crippen LogP contribution is -2.21. The molecule has 0 aliphatic rings. The van der Waals surface area contributed by atoms with Crippen LogP contribution in [0.2, 0.25) is 0 Å². The normalized spacial score (nSPS) is 14.2. The smallest absolute Gasteiger partial charge is 0.0625 e. The van der Waals surface area contributed by atoms with Crippen molar-refractivity contribution in [2.45, 2.75) is 40.5 Å². The quantitative estimate of drug-likeness (QED) is 0.639. The average molecular weight is 217 g/mol. The molecule has 0 fully saturated rings. The highest BCUT2D eigenvalue weighted by atomic mass is 14.7. The minimum absolute atomic E-state index is 0.300. The van der Waals surface area contributed by atoms with Gasteiger partial charge in [-0.05, 0) is 29.9 Å². The fourth-order valence-electron chi connectivity index (χ4n) is 1.73. The molecule has 1 nitrogen and oxygen atoms in total. The predicted molar refractivity (Wildman–Crippen MR) is 72.4 cm³/mol. The lowest BCUT2D eigenvalue weighted by Gasteiger charge is -2.27. The molecule has 0 saturated carbocycles. The minimum Gasteiger partial charge on any atom is -0.261 e. The van der Waals surface area contributed by atoms with Gasteiger partial charge in [0.05, 0.1) is 5.69 Å². The summed E-state index contributed by atoms with van der Waals surface area (Å²) in [5, 5.41) is 0. The number of hydrogen-bond acceptors (Lipinski definition) is 1. The van der Waals surface area contributed by atoms with Gasteiger partial charge in [-0.1, -0.05) is 52.3 Å². The van der Waals surface area contributed by atoms with Crippen molar-refractivity contribution in [3.8, 4) is 0 Å². The number of para-hydroxylation sites is 1. The molecule has 0 saturated heterocycles. The van der Waals surface area contributed by atoms with Crippen molar-refractivity contribution < 1.29 is 0 Å². The van der Waals surface area contributed by atoms with Crippen LogP contribution in [0.3, 0.4) is 0 Å². The molecular weight excluding hydrogens is 194 g/mol. The first-order valence-corrected chi connectivity index (χ1v) is 6.13. The molecule has 0 aliphatic heterocycles. The second kappa shape index (κ2) is 5.83. The SMILES string of the molecule is CCCC(C=Nc1ccccc1)C(C)(C)C. The van der Waals surface area contributed by atoms with Crippen LogP contribution in [0.1, 0.15) is 40.5 Å². The summed E-state index contributed by atoms with van der Waals surface area (Å²) in [6.07, 6.45) is 4.54. The molecule has 1 rings (SSSR count). The second-order valence-electron chi connectivity index (χ2n) is 5.37. The Bertz CT molecular complexity index is 319. The predicted octanol–water partition coefficient (Wildman–Crippen LogP) is 4.85. The summed E-state index contributed by atoms with van der Waals surface area (Å²) in [6, 6.07) is 10.2. The van der Waals surface area contributed by atoms with Gasteiger partial charge in [-0.3, -0.25) is 4.99 Å². The monoisotopic (exact) mass is 217 g/mol. The molecule has 88 valence electrons. The van der Waals surface area contributed by atoms with E-state index in [1.54, 1.807) is 0 Å². The highest BCUT2D eigenvalue weighted by Gasteiger charge is 2.21. The van der Waals surface area contributed by atoms with Crippen molar-refractivity contribution in [3.63, 3.8) is 0 Å². The summed E-state index contributed by atoms with van der Waals surface area (Å²) in [7, 11) is 0. The van der Waals surface area contributed by atoms with E-state index in [2.05, 4.69) is 38.9 Å². The third-order valence-electron chi connectivity index (χ3n) is 2.87. The van der Waals surface area contributed by atoms with Crippen LogP contribution in [0, 0.1) is 11.3 Å². The van der Waals surface area contributed by atoms with Gasteiger partial charge in [0.15, 0.2) is 0 Å². The molecule has 0 heterocycles. The summed E-state index contributed by atoms with van der Waals surface area (Å²) in [5.74, 6) is 0.553. The van der Waals surface area contributed by atoms with Crippen LogP contribution in [0.5, 0.6) is 0 Å². The average Bonchev–Trinajstić information content (AvgIpc) is 2.24. The third kappa shape index (κ3) is 4.18. The molecule has 1 aromatic carbocycles. The Kier molecular flexibility index (Phi) is 4.72. The molecule has 0 aromatic heterocycles. The van der Waals surface area contributed by atoms with Crippen molar-refractivity contribution >= 4 is 11.9 Å². The zero-order valence-electron chi connectivity index (χ0n) is 10.9. The molecule has 0 radical (unpaired) electrons. The van der Waals surface area contributed by atoms with Crippen LogP contribution in [-0.2, 0) is 0 Å². The molecular formula is C15H23N. The molecule has 1 atom stereocenters. The van der Waals surface area contributed by atoms with E-state index in [1.165, 1.54) is 12.8 Å². The Labute approximate surface area is 99.6 Å². The maximum atomic E-state index is 4.57. The van der Waals surface area contributed by atoms with Crippen LogP contribution in [-0.4, -0.2) is 6.21 Å². The fourth-order valence-corrected chi connectivity index (χ4v) is 1.73. The lowest BCUT2D eigenvalue weighted by molar-refractivity contribution is 0.301. The summed E-state index contributed by atoms with van der Waals surface area (Å²) in [6.45, 7) is 9.08. The summed E-state index contributed by atoms with van der Waals surface area (Å²) >= 11 is 0. The van der Waals surface area contributed by atoms with E-state index in [4.69, 9.17) is 0 Å². The van der Waals surface area contributed by atoms with Crippen LogP contribution >= 0.6 is 0 Å². The van der Waals surface area contributed by atoms with Crippen LogP contribution in [0.4, 0.5) is 5.69 Å². The van der Waals surface area contributed by atoms with Crippen molar-refractivity contribution in [2.75, 3.05) is 0 Å². The third-order valence-corrected chi connectivity index (χ3v) is 2.87. The van der Waals surface area contributed by atoms with E-state index in [0.717, 1.165) is 5.69 Å². The summed E-state index contributed by atoms with van der Waals surface area (Å²) in [4.78, 5) is 4.57. The number of benzene rings is 1. The van der Waals surface area contributed by atoms with E-state index in [0.29, 0.717) is 11.3 Å². The first kappa shape index (κ1) is 13.0. The minimum atomic E-state index is 0.300. The van der Waals surface area contributed by atoms with E-state index in [9.17, 15) is 0 Å². The van der Waals surface area contributed by atoms with E-state index >= 15 is 0 Å². The fraction of sp³-hybridized carbons (Fsp3) is 0.533. The standard InChI is InChI=1S/C15H23N/c1-5-9-13(15(2,3)4)12-16-14-10-7-6-8-11-14/h6-8,10-13H,5,9H2,1-4H3. The molecule has 1 heteroatoms. The highest BCUT2D eigenvalue weighted by molar-refractivity contribution is 5.66. The van der Waals surface area contributed by atoms with Gasteiger partial charge in [-0.2, -0.15) is 0 Å². The summed E-state index contributed by atoms with van der Waals surface area (Å²) in [5.41, 5.74) is 1.35. The lowest BCUT2D eigenvalue weighted by atomic mass is 9.79. The molecule has 0 N–H and O–H groups in total. The van der Waals surface area contributed by atoms with Crippen molar-refractivity contribution in [2.24, 2.45) is 16.3 Å². The number of nitrogens with zero attached hydrogens (tertiary/aromatic N) is 1. The Morgan fingerprint density at radius 1 is 1.19 bits per heavy atom. The van der Waals surface area contributed by atoms with E-state index in [1.807, 2.05) is 30.3 Å². The van der Waals surface area contributed by atoms with Crippen molar-refractivity contribution in [3.05, 3.63) is 30.3 Å². The molecule has 1 unspecified atom stereocenters. The Morgan fingerprint density at radius 2 is 1.81 bits per heavy atom. The first-order chi connectivity index (χ1) is 7.54. The van der Waals surface area contributed by atoms with Gasteiger partial charge in [-0.25, -0.2) is 0 Å².